The van der Waals surface area contributed by atoms with Crippen molar-refractivity contribution in [3.05, 3.63) is 87.2 Å². The molecule has 3 N–H and O–H groups in total. The molecular weight excluding hydrogens is 569 g/mol. The van der Waals surface area contributed by atoms with Gasteiger partial charge in [0.15, 0.2) is 6.10 Å². The molecule has 0 saturated heterocycles. The SMILES string of the molecule is CC(O)c1sccc1-c1cn(-c2cc(-c3c[nH]c4ccc(C#N)cc34)c(C(O)C(F)(F)F)s2)c2ccc(C#N)cc12. The highest BCUT2D eigenvalue weighted by molar-refractivity contribution is 7.15. The molecule has 6 aromatic rings. The summed E-state index contributed by atoms with van der Waals surface area (Å²) in [6.07, 6.45) is -5.03. The first-order chi connectivity index (χ1) is 19.6. The highest BCUT2D eigenvalue weighted by Crippen LogP contribution is 2.47. The zero-order valence-electron chi connectivity index (χ0n) is 21.2. The molecule has 41 heavy (non-hydrogen) atoms. The second-order valence-electron chi connectivity index (χ2n) is 9.51. The third-order valence-corrected chi connectivity index (χ3v) is 9.22. The Morgan fingerprint density at radius 1 is 0.878 bits per heavy atom. The predicted octanol–water partition coefficient (Wildman–Crippen LogP) is 7.96. The van der Waals surface area contributed by atoms with Crippen molar-refractivity contribution in [1.29, 1.82) is 10.5 Å². The number of nitriles is 2. The maximum Gasteiger partial charge on any atom is 0.419 e. The number of benzene rings is 2. The molecule has 0 aliphatic rings. The Morgan fingerprint density at radius 3 is 2.27 bits per heavy atom. The number of hydrogen-bond acceptors (Lipinski definition) is 6. The Kier molecular flexibility index (Phi) is 6.48. The Hall–Kier alpha value is -4.39. The minimum Gasteiger partial charge on any atom is -0.388 e. The van der Waals surface area contributed by atoms with Crippen LogP contribution in [-0.2, 0) is 0 Å². The summed E-state index contributed by atoms with van der Waals surface area (Å²) >= 11 is 2.20. The molecule has 0 amide bonds. The van der Waals surface area contributed by atoms with Crippen LogP contribution in [0.5, 0.6) is 0 Å². The van der Waals surface area contributed by atoms with Crippen molar-refractivity contribution < 1.29 is 23.4 Å². The van der Waals surface area contributed by atoms with Crippen LogP contribution in [0, 0.1) is 22.7 Å². The molecule has 2 unspecified atom stereocenters. The minimum absolute atomic E-state index is 0.188. The number of thiophene rings is 2. The second kappa shape index (κ2) is 9.91. The van der Waals surface area contributed by atoms with E-state index in [4.69, 9.17) is 0 Å². The van der Waals surface area contributed by atoms with Crippen LogP contribution in [0.15, 0.2) is 66.3 Å². The van der Waals surface area contributed by atoms with Gasteiger partial charge in [-0.05, 0) is 60.8 Å². The second-order valence-corrected chi connectivity index (χ2v) is 11.5. The molecule has 2 atom stereocenters. The van der Waals surface area contributed by atoms with Crippen molar-refractivity contribution in [2.45, 2.75) is 25.3 Å². The van der Waals surface area contributed by atoms with E-state index in [1.807, 2.05) is 11.4 Å². The van der Waals surface area contributed by atoms with Gasteiger partial charge in [-0.25, -0.2) is 0 Å². The summed E-state index contributed by atoms with van der Waals surface area (Å²) in [6, 6.07) is 17.6. The molecule has 0 aliphatic carbocycles. The highest BCUT2D eigenvalue weighted by atomic mass is 32.1. The molecule has 4 heterocycles. The summed E-state index contributed by atoms with van der Waals surface area (Å²) in [4.78, 5) is 3.48. The number of aromatic nitrogens is 2. The Balaban J connectivity index is 1.62. The van der Waals surface area contributed by atoms with E-state index in [2.05, 4.69) is 17.1 Å². The fourth-order valence-corrected chi connectivity index (χ4v) is 7.08. The lowest BCUT2D eigenvalue weighted by Crippen LogP contribution is -2.19. The zero-order chi connectivity index (χ0) is 29.1. The molecule has 0 fully saturated rings. The van der Waals surface area contributed by atoms with Gasteiger partial charge in [0.2, 0.25) is 0 Å². The van der Waals surface area contributed by atoms with E-state index in [-0.39, 0.29) is 10.4 Å². The van der Waals surface area contributed by atoms with E-state index in [0.717, 1.165) is 21.8 Å². The first-order valence-corrected chi connectivity index (χ1v) is 14.0. The maximum atomic E-state index is 13.9. The number of H-pyrrole nitrogens is 1. The number of nitrogens with one attached hydrogen (secondary N) is 1. The van der Waals surface area contributed by atoms with Gasteiger partial charge in [-0.15, -0.1) is 22.7 Å². The van der Waals surface area contributed by atoms with E-state index in [1.54, 1.807) is 66.3 Å². The molecule has 11 heteroatoms. The molecule has 4 aromatic heterocycles. The lowest BCUT2D eigenvalue weighted by Gasteiger charge is -2.14. The topological polar surface area (TPSA) is 109 Å². The van der Waals surface area contributed by atoms with Crippen LogP contribution in [0.2, 0.25) is 0 Å². The number of alkyl halides is 3. The average Bonchev–Trinajstić information content (AvgIpc) is 3.74. The number of fused-ring (bicyclic) bond motifs is 2. The number of nitrogens with zero attached hydrogens (tertiary/aromatic N) is 3. The predicted molar refractivity (Wildman–Crippen MR) is 153 cm³/mol. The molecule has 0 aliphatic heterocycles. The van der Waals surface area contributed by atoms with Gasteiger partial charge >= 0.3 is 6.18 Å². The van der Waals surface area contributed by atoms with Gasteiger partial charge in [-0.3, -0.25) is 0 Å². The zero-order valence-corrected chi connectivity index (χ0v) is 22.8. The van der Waals surface area contributed by atoms with Crippen LogP contribution in [0.4, 0.5) is 13.2 Å². The smallest absolute Gasteiger partial charge is 0.388 e. The molecular formula is C30H19F3N4O2S2. The third kappa shape index (κ3) is 4.49. The minimum atomic E-state index is -4.91. The third-order valence-electron chi connectivity index (χ3n) is 6.94. The first-order valence-electron chi connectivity index (χ1n) is 12.3. The van der Waals surface area contributed by atoms with Crippen molar-refractivity contribution in [2.24, 2.45) is 0 Å². The van der Waals surface area contributed by atoms with Crippen molar-refractivity contribution in [1.82, 2.24) is 9.55 Å². The maximum absolute atomic E-state index is 13.9. The molecule has 6 nitrogen and oxygen atoms in total. The number of aliphatic hydroxyl groups is 2. The van der Waals surface area contributed by atoms with Gasteiger partial charge in [0.1, 0.15) is 5.00 Å². The lowest BCUT2D eigenvalue weighted by atomic mass is 10.0. The molecule has 2 aromatic carbocycles. The Labute approximate surface area is 239 Å². The van der Waals surface area contributed by atoms with Crippen molar-refractivity contribution in [2.75, 3.05) is 0 Å². The van der Waals surface area contributed by atoms with Gasteiger partial charge < -0.3 is 19.8 Å². The van der Waals surface area contributed by atoms with E-state index < -0.39 is 18.4 Å². The van der Waals surface area contributed by atoms with E-state index >= 15 is 0 Å². The summed E-state index contributed by atoms with van der Waals surface area (Å²) in [7, 11) is 0. The van der Waals surface area contributed by atoms with E-state index in [0.29, 0.717) is 49.1 Å². The molecule has 204 valence electrons. The first kappa shape index (κ1) is 26.8. The number of aromatic amines is 1. The summed E-state index contributed by atoms with van der Waals surface area (Å²) in [5, 5.41) is 43.3. The van der Waals surface area contributed by atoms with Gasteiger partial charge in [-0.2, -0.15) is 23.7 Å². The van der Waals surface area contributed by atoms with Crippen LogP contribution in [-0.4, -0.2) is 25.9 Å². The summed E-state index contributed by atoms with van der Waals surface area (Å²) in [5.41, 5.74) is 4.14. The van der Waals surface area contributed by atoms with Gasteiger partial charge in [0, 0.05) is 55.8 Å². The summed E-state index contributed by atoms with van der Waals surface area (Å²) in [5.74, 6) is 0. The van der Waals surface area contributed by atoms with Gasteiger partial charge in [0.05, 0.1) is 39.8 Å². The molecule has 0 saturated carbocycles. The molecule has 0 radical (unpaired) electrons. The largest absolute Gasteiger partial charge is 0.419 e. The monoisotopic (exact) mass is 588 g/mol. The number of aliphatic hydroxyl groups excluding tert-OH is 2. The van der Waals surface area contributed by atoms with Crippen LogP contribution >= 0.6 is 22.7 Å². The fraction of sp³-hybridized carbons (Fsp3) is 0.133. The van der Waals surface area contributed by atoms with Crippen molar-refractivity contribution in [3.63, 3.8) is 0 Å². The van der Waals surface area contributed by atoms with Crippen LogP contribution in [0.3, 0.4) is 0 Å². The fourth-order valence-electron chi connectivity index (χ4n) is 5.05. The summed E-state index contributed by atoms with van der Waals surface area (Å²) < 4.78 is 43.4. The summed E-state index contributed by atoms with van der Waals surface area (Å²) in [6.45, 7) is 1.66. The number of rotatable bonds is 5. The number of hydrogen-bond donors (Lipinski definition) is 3. The van der Waals surface area contributed by atoms with E-state index in [9.17, 15) is 33.9 Å². The van der Waals surface area contributed by atoms with Crippen molar-refractivity contribution >= 4 is 44.5 Å². The van der Waals surface area contributed by atoms with Crippen LogP contribution < -0.4 is 0 Å². The van der Waals surface area contributed by atoms with E-state index in [1.165, 1.54) is 11.3 Å². The van der Waals surface area contributed by atoms with Gasteiger partial charge in [0.25, 0.3) is 0 Å². The molecule has 6 rings (SSSR count). The van der Waals surface area contributed by atoms with Crippen molar-refractivity contribution in [3.8, 4) is 39.4 Å². The normalized spacial score (nSPS) is 13.4. The van der Waals surface area contributed by atoms with Crippen LogP contribution in [0.1, 0.15) is 40.0 Å². The number of halogens is 3. The lowest BCUT2D eigenvalue weighted by molar-refractivity contribution is -0.205. The molecule has 0 spiro atoms. The van der Waals surface area contributed by atoms with Gasteiger partial charge in [-0.1, -0.05) is 0 Å². The highest BCUT2D eigenvalue weighted by Gasteiger charge is 2.42. The Morgan fingerprint density at radius 2 is 1.59 bits per heavy atom. The van der Waals surface area contributed by atoms with Crippen LogP contribution in [0.25, 0.3) is 49.1 Å². The Bertz CT molecular complexity index is 2030. The molecule has 0 bridgehead atoms. The standard InChI is InChI=1S/C30H19F3N4O2S2/c1-15(38)27-18(6-7-40-27)23-14-37(25-5-3-17(12-35)9-20(23)25)26-10-21(28(41-26)29(39)30(31,32)33)22-13-36-24-4-2-16(11-34)8-19(22)24/h2-10,13-15,29,36,38-39H,1H3. The average molecular weight is 589 g/mol. The quantitative estimate of drug-likeness (QED) is 0.190.